The van der Waals surface area contributed by atoms with Gasteiger partial charge in [0.15, 0.2) is 5.13 Å². The second-order valence-electron chi connectivity index (χ2n) is 5.54. The van der Waals surface area contributed by atoms with Crippen molar-refractivity contribution in [1.82, 2.24) is 9.88 Å². The lowest BCUT2D eigenvalue weighted by atomic mass is 10.2. The predicted molar refractivity (Wildman–Crippen MR) is 91.7 cm³/mol. The molecule has 2 aromatic rings. The highest BCUT2D eigenvalue weighted by molar-refractivity contribution is 7.15. The van der Waals surface area contributed by atoms with E-state index in [9.17, 15) is 0 Å². The number of thiazole rings is 1. The molecule has 114 valence electrons. The van der Waals surface area contributed by atoms with E-state index in [0.29, 0.717) is 6.04 Å². The highest BCUT2D eigenvalue weighted by Gasteiger charge is 2.12. The second-order valence-corrected chi connectivity index (χ2v) is 6.66. The zero-order valence-electron chi connectivity index (χ0n) is 13.2. The Kier molecular flexibility index (Phi) is 6.21. The smallest absolute Gasteiger partial charge is 0.182 e. The van der Waals surface area contributed by atoms with Gasteiger partial charge in [-0.05, 0) is 25.8 Å². The third kappa shape index (κ3) is 5.14. The summed E-state index contributed by atoms with van der Waals surface area (Å²) in [5.41, 5.74) is 1.36. The highest BCUT2D eigenvalue weighted by atomic mass is 32.1. The maximum Gasteiger partial charge on any atom is 0.182 e. The van der Waals surface area contributed by atoms with Crippen molar-refractivity contribution in [2.45, 2.75) is 46.3 Å². The zero-order valence-corrected chi connectivity index (χ0v) is 14.0. The molecule has 0 amide bonds. The Hall–Kier alpha value is -1.39. The van der Waals surface area contributed by atoms with Gasteiger partial charge < -0.3 is 5.32 Å². The van der Waals surface area contributed by atoms with Crippen molar-refractivity contribution < 1.29 is 0 Å². The van der Waals surface area contributed by atoms with Crippen molar-refractivity contribution >= 4 is 16.5 Å². The molecule has 1 N–H and O–H groups in total. The van der Waals surface area contributed by atoms with Crippen LogP contribution in [0.25, 0.3) is 0 Å². The molecule has 2 rings (SSSR count). The third-order valence-corrected chi connectivity index (χ3v) is 4.34. The number of nitrogens with zero attached hydrogens (tertiary/aromatic N) is 2. The lowest BCUT2D eigenvalue weighted by Crippen LogP contribution is -2.29. The fourth-order valence-corrected chi connectivity index (χ4v) is 3.00. The van der Waals surface area contributed by atoms with Crippen LogP contribution < -0.4 is 5.32 Å². The Labute approximate surface area is 132 Å². The Balaban J connectivity index is 1.97. The van der Waals surface area contributed by atoms with E-state index in [1.165, 1.54) is 10.4 Å². The topological polar surface area (TPSA) is 28.2 Å². The van der Waals surface area contributed by atoms with Gasteiger partial charge in [-0.25, -0.2) is 4.98 Å². The molecule has 0 atom stereocenters. The fourth-order valence-electron chi connectivity index (χ4n) is 2.13. The van der Waals surface area contributed by atoms with Crippen LogP contribution in [-0.4, -0.2) is 22.5 Å². The molecular formula is C17H25N3S. The number of nitrogens with one attached hydrogen (secondary N) is 1. The third-order valence-electron chi connectivity index (χ3n) is 3.40. The molecule has 0 radical (unpaired) electrons. The van der Waals surface area contributed by atoms with Gasteiger partial charge in [0.25, 0.3) is 0 Å². The minimum absolute atomic E-state index is 0.513. The van der Waals surface area contributed by atoms with E-state index in [4.69, 9.17) is 0 Å². The fraction of sp³-hybridized carbons (Fsp3) is 0.471. The quantitative estimate of drug-likeness (QED) is 0.784. The first-order valence-electron chi connectivity index (χ1n) is 7.65. The molecule has 0 unspecified atom stereocenters. The van der Waals surface area contributed by atoms with Crippen molar-refractivity contribution in [2.75, 3.05) is 11.9 Å². The van der Waals surface area contributed by atoms with Crippen LogP contribution in [0, 0.1) is 0 Å². The molecule has 0 spiro atoms. The summed E-state index contributed by atoms with van der Waals surface area (Å²) in [6.07, 6.45) is 3.13. The average Bonchev–Trinajstić information content (AvgIpc) is 2.93. The molecule has 0 fully saturated rings. The Morgan fingerprint density at radius 1 is 1.19 bits per heavy atom. The highest BCUT2D eigenvalue weighted by Crippen LogP contribution is 2.21. The van der Waals surface area contributed by atoms with E-state index in [0.717, 1.165) is 31.2 Å². The number of benzene rings is 1. The minimum Gasteiger partial charge on any atom is -0.362 e. The van der Waals surface area contributed by atoms with Crippen molar-refractivity contribution in [3.8, 4) is 0 Å². The molecule has 0 aliphatic rings. The molecule has 1 heterocycles. The standard InChI is InChI=1S/C17H25N3S/c1-4-10-18-17-19-11-16(21-17)13-20(14(2)3)12-15-8-6-5-7-9-15/h5-9,11,14H,4,10,12-13H2,1-3H3,(H,18,19). The van der Waals surface area contributed by atoms with Gasteiger partial charge in [0, 0.05) is 36.8 Å². The molecule has 0 aliphatic heterocycles. The summed E-state index contributed by atoms with van der Waals surface area (Å²) >= 11 is 1.77. The van der Waals surface area contributed by atoms with Crippen LogP contribution in [-0.2, 0) is 13.1 Å². The minimum atomic E-state index is 0.513. The summed E-state index contributed by atoms with van der Waals surface area (Å²) in [7, 11) is 0. The summed E-state index contributed by atoms with van der Waals surface area (Å²) in [5.74, 6) is 0. The first-order chi connectivity index (χ1) is 10.2. The van der Waals surface area contributed by atoms with E-state index < -0.39 is 0 Å². The first-order valence-corrected chi connectivity index (χ1v) is 8.47. The number of anilines is 1. The van der Waals surface area contributed by atoms with Gasteiger partial charge in [0.1, 0.15) is 0 Å². The van der Waals surface area contributed by atoms with Gasteiger partial charge in [-0.3, -0.25) is 4.90 Å². The summed E-state index contributed by atoms with van der Waals surface area (Å²) in [6, 6.07) is 11.2. The first kappa shape index (κ1) is 16.0. The van der Waals surface area contributed by atoms with Crippen molar-refractivity contribution in [3.05, 3.63) is 47.0 Å². The van der Waals surface area contributed by atoms with Crippen LogP contribution >= 0.6 is 11.3 Å². The van der Waals surface area contributed by atoms with Crippen LogP contribution in [0.15, 0.2) is 36.5 Å². The largest absolute Gasteiger partial charge is 0.362 e. The van der Waals surface area contributed by atoms with Gasteiger partial charge in [-0.2, -0.15) is 0 Å². The SMILES string of the molecule is CCCNc1ncc(CN(Cc2ccccc2)C(C)C)s1. The normalized spacial score (nSPS) is 11.3. The molecule has 0 saturated carbocycles. The summed E-state index contributed by atoms with van der Waals surface area (Å²) in [6.45, 7) is 9.60. The van der Waals surface area contributed by atoms with Crippen molar-refractivity contribution in [2.24, 2.45) is 0 Å². The van der Waals surface area contributed by atoms with Crippen LogP contribution in [0.2, 0.25) is 0 Å². The van der Waals surface area contributed by atoms with Gasteiger partial charge in [-0.1, -0.05) is 37.3 Å². The Morgan fingerprint density at radius 2 is 1.95 bits per heavy atom. The van der Waals surface area contributed by atoms with Crippen LogP contribution in [0.5, 0.6) is 0 Å². The summed E-state index contributed by atoms with van der Waals surface area (Å²) in [5, 5.41) is 4.39. The molecule has 1 aromatic carbocycles. The maximum atomic E-state index is 4.45. The molecule has 3 nitrogen and oxygen atoms in total. The molecule has 1 aromatic heterocycles. The number of rotatable bonds is 8. The maximum absolute atomic E-state index is 4.45. The lowest BCUT2D eigenvalue weighted by molar-refractivity contribution is 0.205. The summed E-state index contributed by atoms with van der Waals surface area (Å²) in [4.78, 5) is 8.25. The van der Waals surface area contributed by atoms with E-state index >= 15 is 0 Å². The van der Waals surface area contributed by atoms with Crippen LogP contribution in [0.3, 0.4) is 0 Å². The lowest BCUT2D eigenvalue weighted by Gasteiger charge is -2.25. The summed E-state index contributed by atoms with van der Waals surface area (Å²) < 4.78 is 0. The van der Waals surface area contributed by atoms with E-state index in [2.05, 4.69) is 66.3 Å². The van der Waals surface area contributed by atoms with Crippen molar-refractivity contribution in [1.29, 1.82) is 0 Å². The Morgan fingerprint density at radius 3 is 2.62 bits per heavy atom. The zero-order chi connectivity index (χ0) is 15.1. The number of hydrogen-bond donors (Lipinski definition) is 1. The molecule has 0 aliphatic carbocycles. The molecule has 21 heavy (non-hydrogen) atoms. The van der Waals surface area contributed by atoms with Gasteiger partial charge in [0.05, 0.1) is 0 Å². The van der Waals surface area contributed by atoms with Gasteiger partial charge in [0.2, 0.25) is 0 Å². The molecular weight excluding hydrogens is 278 g/mol. The van der Waals surface area contributed by atoms with E-state index in [1.807, 2.05) is 6.20 Å². The molecule has 0 saturated heterocycles. The Bertz CT molecular complexity index is 522. The molecule has 0 bridgehead atoms. The van der Waals surface area contributed by atoms with Gasteiger partial charge in [-0.15, -0.1) is 11.3 Å². The monoisotopic (exact) mass is 303 g/mol. The number of hydrogen-bond acceptors (Lipinski definition) is 4. The van der Waals surface area contributed by atoms with Gasteiger partial charge >= 0.3 is 0 Å². The van der Waals surface area contributed by atoms with Crippen LogP contribution in [0.1, 0.15) is 37.6 Å². The van der Waals surface area contributed by atoms with Crippen LogP contribution in [0.4, 0.5) is 5.13 Å². The number of aromatic nitrogens is 1. The molecule has 4 heteroatoms. The van der Waals surface area contributed by atoms with E-state index in [-0.39, 0.29) is 0 Å². The average molecular weight is 303 g/mol. The second kappa shape index (κ2) is 8.15. The predicted octanol–water partition coefficient (Wildman–Crippen LogP) is 4.38. The van der Waals surface area contributed by atoms with Crippen molar-refractivity contribution in [3.63, 3.8) is 0 Å². The van der Waals surface area contributed by atoms with E-state index in [1.54, 1.807) is 11.3 Å².